The van der Waals surface area contributed by atoms with Crippen LogP contribution in [-0.4, -0.2) is 24.3 Å². The summed E-state index contributed by atoms with van der Waals surface area (Å²) in [6, 6.07) is 4.57. The van der Waals surface area contributed by atoms with Gasteiger partial charge in [-0.3, -0.25) is 9.59 Å². The van der Waals surface area contributed by atoms with Gasteiger partial charge < -0.3 is 10.1 Å². The van der Waals surface area contributed by atoms with Gasteiger partial charge in [0.2, 0.25) is 5.91 Å². The number of nitrogens with one attached hydrogen (secondary N) is 1. The summed E-state index contributed by atoms with van der Waals surface area (Å²) in [6.45, 7) is 7.82. The van der Waals surface area contributed by atoms with E-state index >= 15 is 0 Å². The number of hydrogen-bond acceptors (Lipinski definition) is 4. The minimum Gasteiger partial charge on any atom is -0.462 e. The molecule has 0 aliphatic heterocycles. The second-order valence-corrected chi connectivity index (χ2v) is 8.40. The Morgan fingerprint density at radius 1 is 1.04 bits per heavy atom. The quantitative estimate of drug-likeness (QED) is 0.284. The molecule has 0 aromatic heterocycles. The highest BCUT2D eigenvalue weighted by molar-refractivity contribution is 6.34. The summed E-state index contributed by atoms with van der Waals surface area (Å²) in [6.07, 6.45) is 6.43. The standard InChI is InChI=1S/C22H32ClNO4/c1-5-6-7-8-9-10-13-28-21(27)16-11-12-17(23)18(14-16)24-20(26)15-19(25)22(2,3)4/h11-12,14H,5-10,13,15H2,1-4H3,(H,24,26). The predicted molar refractivity (Wildman–Crippen MR) is 113 cm³/mol. The Morgan fingerprint density at radius 3 is 2.32 bits per heavy atom. The summed E-state index contributed by atoms with van der Waals surface area (Å²) in [4.78, 5) is 36.3. The topological polar surface area (TPSA) is 72.5 Å². The number of ether oxygens (including phenoxy) is 1. The van der Waals surface area contributed by atoms with E-state index in [2.05, 4.69) is 12.2 Å². The average Bonchev–Trinajstić information content (AvgIpc) is 2.61. The maximum Gasteiger partial charge on any atom is 0.338 e. The number of esters is 1. The number of hydrogen-bond donors (Lipinski definition) is 1. The molecule has 6 heteroatoms. The van der Waals surface area contributed by atoms with Crippen molar-refractivity contribution in [2.24, 2.45) is 5.41 Å². The van der Waals surface area contributed by atoms with Crippen molar-refractivity contribution in [3.63, 3.8) is 0 Å². The largest absolute Gasteiger partial charge is 0.462 e. The first kappa shape index (κ1) is 24.2. The van der Waals surface area contributed by atoms with Crippen LogP contribution in [0.2, 0.25) is 5.02 Å². The Balaban J connectivity index is 2.56. The minimum absolute atomic E-state index is 0.171. The average molecular weight is 410 g/mol. The van der Waals surface area contributed by atoms with E-state index in [1.807, 2.05) is 0 Å². The molecule has 0 saturated heterocycles. The Kier molecular flexibility index (Phi) is 10.2. The molecule has 28 heavy (non-hydrogen) atoms. The molecular formula is C22H32ClNO4. The molecule has 5 nitrogen and oxygen atoms in total. The van der Waals surface area contributed by atoms with Crippen LogP contribution in [0.1, 0.15) is 83.0 Å². The van der Waals surface area contributed by atoms with Crippen LogP contribution in [0, 0.1) is 5.41 Å². The first-order valence-electron chi connectivity index (χ1n) is 9.95. The number of anilines is 1. The molecule has 156 valence electrons. The van der Waals surface area contributed by atoms with E-state index in [-0.39, 0.29) is 12.2 Å². The van der Waals surface area contributed by atoms with Crippen molar-refractivity contribution < 1.29 is 19.1 Å². The summed E-state index contributed by atoms with van der Waals surface area (Å²) in [5.74, 6) is -1.08. The monoisotopic (exact) mass is 409 g/mol. The van der Waals surface area contributed by atoms with Gasteiger partial charge in [-0.05, 0) is 24.6 Å². The SMILES string of the molecule is CCCCCCCCOC(=O)c1ccc(Cl)c(NC(=O)CC(=O)C(C)(C)C)c1. The van der Waals surface area contributed by atoms with Crippen LogP contribution in [0.5, 0.6) is 0 Å². The van der Waals surface area contributed by atoms with E-state index in [1.165, 1.54) is 31.4 Å². The van der Waals surface area contributed by atoms with Gasteiger partial charge >= 0.3 is 5.97 Å². The second kappa shape index (κ2) is 11.8. The molecule has 0 radical (unpaired) electrons. The molecule has 0 heterocycles. The van der Waals surface area contributed by atoms with Crippen LogP contribution in [0.4, 0.5) is 5.69 Å². The third-order valence-electron chi connectivity index (χ3n) is 4.36. The lowest BCUT2D eigenvalue weighted by atomic mass is 9.89. The normalized spacial score (nSPS) is 11.2. The highest BCUT2D eigenvalue weighted by Crippen LogP contribution is 2.24. The highest BCUT2D eigenvalue weighted by Gasteiger charge is 2.24. The van der Waals surface area contributed by atoms with Gasteiger partial charge in [-0.2, -0.15) is 0 Å². The number of carbonyl (C=O) groups excluding carboxylic acids is 3. The predicted octanol–water partition coefficient (Wildman–Crippen LogP) is 5.80. The van der Waals surface area contributed by atoms with Crippen molar-refractivity contribution in [1.29, 1.82) is 0 Å². The van der Waals surface area contributed by atoms with Gasteiger partial charge in [0.1, 0.15) is 5.78 Å². The number of unbranched alkanes of at least 4 members (excludes halogenated alkanes) is 5. The lowest BCUT2D eigenvalue weighted by molar-refractivity contribution is -0.130. The smallest absolute Gasteiger partial charge is 0.338 e. The molecule has 1 aromatic rings. The van der Waals surface area contributed by atoms with Crippen molar-refractivity contribution in [2.75, 3.05) is 11.9 Å². The van der Waals surface area contributed by atoms with Gasteiger partial charge in [-0.15, -0.1) is 0 Å². The lowest BCUT2D eigenvalue weighted by Gasteiger charge is -2.16. The number of halogens is 1. The number of benzene rings is 1. The van der Waals surface area contributed by atoms with E-state index in [9.17, 15) is 14.4 Å². The first-order chi connectivity index (χ1) is 13.1. The van der Waals surface area contributed by atoms with Crippen molar-refractivity contribution >= 4 is 34.9 Å². The van der Waals surface area contributed by atoms with E-state index in [0.717, 1.165) is 19.3 Å². The van der Waals surface area contributed by atoms with Crippen LogP contribution in [0.15, 0.2) is 18.2 Å². The molecular weight excluding hydrogens is 378 g/mol. The molecule has 0 saturated carbocycles. The van der Waals surface area contributed by atoms with Gasteiger partial charge in [0.05, 0.1) is 29.3 Å². The van der Waals surface area contributed by atoms with Crippen LogP contribution >= 0.6 is 11.6 Å². The molecule has 0 spiro atoms. The summed E-state index contributed by atoms with van der Waals surface area (Å²) < 4.78 is 5.29. The lowest BCUT2D eigenvalue weighted by Crippen LogP contribution is -2.26. The molecule has 0 unspecified atom stereocenters. The van der Waals surface area contributed by atoms with Crippen LogP contribution in [-0.2, 0) is 14.3 Å². The molecule has 0 aliphatic carbocycles. The molecule has 1 aromatic carbocycles. The Bertz CT molecular complexity index is 680. The third kappa shape index (κ3) is 8.87. The summed E-state index contributed by atoms with van der Waals surface area (Å²) in [5, 5.41) is 2.90. The maximum absolute atomic E-state index is 12.2. The molecule has 0 fully saturated rings. The molecule has 0 atom stereocenters. The number of carbonyl (C=O) groups is 3. The van der Waals surface area contributed by atoms with E-state index in [0.29, 0.717) is 22.9 Å². The molecule has 0 bridgehead atoms. The third-order valence-corrected chi connectivity index (χ3v) is 4.69. The number of amides is 1. The Hall–Kier alpha value is -1.88. The van der Waals surface area contributed by atoms with Crippen molar-refractivity contribution in [3.8, 4) is 0 Å². The number of Topliss-reactive ketones (excluding diaryl/α,β-unsaturated/α-hetero) is 1. The van der Waals surface area contributed by atoms with Gasteiger partial charge in [-0.1, -0.05) is 71.4 Å². The number of rotatable bonds is 11. The van der Waals surface area contributed by atoms with Gasteiger partial charge in [0.25, 0.3) is 0 Å². The molecule has 0 aliphatic rings. The zero-order chi connectivity index (χ0) is 21.2. The fraction of sp³-hybridized carbons (Fsp3) is 0.591. The molecule has 1 rings (SSSR count). The minimum atomic E-state index is -0.594. The fourth-order valence-corrected chi connectivity index (χ4v) is 2.65. The maximum atomic E-state index is 12.2. The van der Waals surface area contributed by atoms with Gasteiger partial charge in [0.15, 0.2) is 0 Å². The van der Waals surface area contributed by atoms with Crippen molar-refractivity contribution in [1.82, 2.24) is 0 Å². The van der Waals surface area contributed by atoms with Crippen LogP contribution < -0.4 is 5.32 Å². The highest BCUT2D eigenvalue weighted by atomic mass is 35.5. The molecule has 1 N–H and O–H groups in total. The van der Waals surface area contributed by atoms with E-state index in [1.54, 1.807) is 26.8 Å². The Morgan fingerprint density at radius 2 is 1.68 bits per heavy atom. The summed E-state index contributed by atoms with van der Waals surface area (Å²) in [5.41, 5.74) is 0.0128. The van der Waals surface area contributed by atoms with Gasteiger partial charge in [0, 0.05) is 5.41 Å². The van der Waals surface area contributed by atoms with E-state index < -0.39 is 17.3 Å². The van der Waals surface area contributed by atoms with Crippen LogP contribution in [0.3, 0.4) is 0 Å². The second-order valence-electron chi connectivity index (χ2n) is 8.00. The summed E-state index contributed by atoms with van der Waals surface area (Å²) >= 11 is 6.11. The van der Waals surface area contributed by atoms with Gasteiger partial charge in [-0.25, -0.2) is 4.79 Å². The van der Waals surface area contributed by atoms with Crippen molar-refractivity contribution in [3.05, 3.63) is 28.8 Å². The molecule has 1 amide bonds. The first-order valence-corrected chi connectivity index (χ1v) is 10.3. The Labute approximate surface area is 173 Å². The van der Waals surface area contributed by atoms with Crippen LogP contribution in [0.25, 0.3) is 0 Å². The zero-order valence-electron chi connectivity index (χ0n) is 17.4. The fourth-order valence-electron chi connectivity index (χ4n) is 2.48. The van der Waals surface area contributed by atoms with Crippen molar-refractivity contribution in [2.45, 2.75) is 72.6 Å². The number of ketones is 1. The van der Waals surface area contributed by atoms with E-state index in [4.69, 9.17) is 16.3 Å². The summed E-state index contributed by atoms with van der Waals surface area (Å²) in [7, 11) is 0. The zero-order valence-corrected chi connectivity index (χ0v) is 18.2.